The highest BCUT2D eigenvalue weighted by atomic mass is 32.2. The number of aromatic carboxylic acids is 1. The molecule has 1 amide bonds. The van der Waals surface area contributed by atoms with E-state index in [1.165, 1.54) is 28.8 Å². The first kappa shape index (κ1) is 19.5. The van der Waals surface area contributed by atoms with E-state index in [1.807, 2.05) is 6.07 Å². The Balaban J connectivity index is 1.89. The molecule has 0 saturated carbocycles. The van der Waals surface area contributed by atoms with Gasteiger partial charge in [0.05, 0.1) is 30.4 Å². The molecule has 0 bridgehead atoms. The van der Waals surface area contributed by atoms with Crippen molar-refractivity contribution < 1.29 is 24.2 Å². The molecular formula is C20H18N2O5S. The average molecular weight is 398 g/mol. The number of carboxylic acids is 1. The zero-order chi connectivity index (χ0) is 20.3. The fraction of sp³-hybridized carbons (Fsp3) is 0.150. The Morgan fingerprint density at radius 2 is 1.86 bits per heavy atom. The standard InChI is InChI=1S/C20H18N2O5S/c1-22-18(23)17(10-13-6-9-15(26-2)11-16(13)27-3)28-20(22)21-14-7-4-12(5-8-14)19(24)25/h4-11H,1-3H3,(H,24,25)/b17-10-,21-20?. The molecule has 8 heteroatoms. The van der Waals surface area contributed by atoms with Crippen molar-refractivity contribution in [1.29, 1.82) is 0 Å². The van der Waals surface area contributed by atoms with Crippen LogP contribution >= 0.6 is 11.8 Å². The minimum absolute atomic E-state index is 0.177. The third-order valence-corrected chi connectivity index (χ3v) is 5.13. The van der Waals surface area contributed by atoms with Crippen LogP contribution in [0.3, 0.4) is 0 Å². The summed E-state index contributed by atoms with van der Waals surface area (Å²) in [5, 5.41) is 9.48. The quantitative estimate of drug-likeness (QED) is 0.774. The number of hydrogen-bond donors (Lipinski definition) is 1. The monoisotopic (exact) mass is 398 g/mol. The first-order valence-electron chi connectivity index (χ1n) is 8.24. The van der Waals surface area contributed by atoms with Crippen LogP contribution in [0.1, 0.15) is 15.9 Å². The van der Waals surface area contributed by atoms with Gasteiger partial charge in [0.15, 0.2) is 5.17 Å². The Hall–Kier alpha value is -3.26. The molecular weight excluding hydrogens is 380 g/mol. The fourth-order valence-corrected chi connectivity index (χ4v) is 3.50. The van der Waals surface area contributed by atoms with Gasteiger partial charge in [-0.2, -0.15) is 0 Å². The van der Waals surface area contributed by atoms with Gasteiger partial charge in [-0.05, 0) is 54.2 Å². The molecule has 2 aromatic rings. The highest BCUT2D eigenvalue weighted by Gasteiger charge is 2.30. The second-order valence-corrected chi connectivity index (χ2v) is 6.84. The average Bonchev–Trinajstić information content (AvgIpc) is 2.96. The highest BCUT2D eigenvalue weighted by Crippen LogP contribution is 2.35. The molecule has 1 aliphatic rings. The largest absolute Gasteiger partial charge is 0.497 e. The van der Waals surface area contributed by atoms with Crippen LogP contribution in [0, 0.1) is 0 Å². The predicted octanol–water partition coefficient (Wildman–Crippen LogP) is 3.64. The summed E-state index contributed by atoms with van der Waals surface area (Å²) in [7, 11) is 4.77. The minimum atomic E-state index is -1.000. The van der Waals surface area contributed by atoms with Gasteiger partial charge in [-0.1, -0.05) is 0 Å². The molecule has 28 heavy (non-hydrogen) atoms. The second kappa shape index (κ2) is 8.18. The first-order valence-corrected chi connectivity index (χ1v) is 9.06. The Kier molecular flexibility index (Phi) is 5.70. The van der Waals surface area contributed by atoms with Gasteiger partial charge in [-0.25, -0.2) is 9.79 Å². The van der Waals surface area contributed by atoms with Crippen molar-refractivity contribution in [2.24, 2.45) is 4.99 Å². The SMILES string of the molecule is COc1ccc(/C=C2\SC(=Nc3ccc(C(=O)O)cc3)N(C)C2=O)c(OC)c1. The summed E-state index contributed by atoms with van der Waals surface area (Å²) in [5.74, 6) is 0.0790. The lowest BCUT2D eigenvalue weighted by Gasteiger charge is -2.08. The fourth-order valence-electron chi connectivity index (χ4n) is 2.52. The van der Waals surface area contributed by atoms with Gasteiger partial charge < -0.3 is 14.6 Å². The molecule has 0 aromatic heterocycles. The van der Waals surface area contributed by atoms with Crippen molar-refractivity contribution in [3.8, 4) is 11.5 Å². The lowest BCUT2D eigenvalue weighted by molar-refractivity contribution is -0.121. The smallest absolute Gasteiger partial charge is 0.335 e. The number of amides is 1. The molecule has 1 fully saturated rings. The van der Waals surface area contributed by atoms with Crippen LogP contribution in [0.2, 0.25) is 0 Å². The van der Waals surface area contributed by atoms with Crippen molar-refractivity contribution >= 4 is 40.6 Å². The number of carbonyl (C=O) groups is 2. The predicted molar refractivity (Wildman–Crippen MR) is 108 cm³/mol. The lowest BCUT2D eigenvalue weighted by Crippen LogP contribution is -2.23. The Morgan fingerprint density at radius 1 is 1.14 bits per heavy atom. The van der Waals surface area contributed by atoms with Crippen molar-refractivity contribution in [3.05, 3.63) is 58.5 Å². The molecule has 1 aliphatic heterocycles. The summed E-state index contributed by atoms with van der Waals surface area (Å²) >= 11 is 1.24. The van der Waals surface area contributed by atoms with Gasteiger partial charge in [-0.15, -0.1) is 0 Å². The topological polar surface area (TPSA) is 88.4 Å². The van der Waals surface area contributed by atoms with E-state index in [2.05, 4.69) is 4.99 Å². The lowest BCUT2D eigenvalue weighted by atomic mass is 10.1. The van der Waals surface area contributed by atoms with Gasteiger partial charge in [-0.3, -0.25) is 9.69 Å². The Morgan fingerprint density at radius 3 is 2.46 bits per heavy atom. The zero-order valence-corrected chi connectivity index (χ0v) is 16.3. The normalized spacial score (nSPS) is 16.7. The maximum absolute atomic E-state index is 12.6. The second-order valence-electron chi connectivity index (χ2n) is 5.83. The molecule has 0 unspecified atom stereocenters. The van der Waals surface area contributed by atoms with Crippen molar-refractivity contribution in [2.45, 2.75) is 0 Å². The molecule has 0 atom stereocenters. The van der Waals surface area contributed by atoms with Gasteiger partial charge >= 0.3 is 5.97 Å². The number of amidine groups is 1. The van der Waals surface area contributed by atoms with Crippen LogP contribution in [-0.2, 0) is 4.79 Å². The summed E-state index contributed by atoms with van der Waals surface area (Å²) in [4.78, 5) is 29.9. The zero-order valence-electron chi connectivity index (χ0n) is 15.5. The Labute approximate surface area is 166 Å². The number of methoxy groups -OCH3 is 2. The van der Waals surface area contributed by atoms with Gasteiger partial charge in [0.25, 0.3) is 5.91 Å². The maximum atomic E-state index is 12.6. The van der Waals surface area contributed by atoms with Crippen molar-refractivity contribution in [1.82, 2.24) is 4.90 Å². The Bertz CT molecular complexity index is 983. The van der Waals surface area contributed by atoms with E-state index >= 15 is 0 Å². The third-order valence-electron chi connectivity index (χ3n) is 4.07. The molecule has 0 aliphatic carbocycles. The van der Waals surface area contributed by atoms with E-state index in [0.29, 0.717) is 27.3 Å². The maximum Gasteiger partial charge on any atom is 0.335 e. The summed E-state index contributed by atoms with van der Waals surface area (Å²) in [6, 6.07) is 11.5. The summed E-state index contributed by atoms with van der Waals surface area (Å²) in [6.45, 7) is 0. The number of carboxylic acid groups (broad SMARTS) is 1. The van der Waals surface area contributed by atoms with Crippen LogP contribution < -0.4 is 9.47 Å². The van der Waals surface area contributed by atoms with E-state index in [0.717, 1.165) is 5.56 Å². The summed E-state index contributed by atoms with van der Waals surface area (Å²) in [6.07, 6.45) is 1.75. The molecule has 1 heterocycles. The number of nitrogens with zero attached hydrogens (tertiary/aromatic N) is 2. The van der Waals surface area contributed by atoms with E-state index in [-0.39, 0.29) is 11.5 Å². The number of carbonyl (C=O) groups excluding carboxylic acids is 1. The summed E-state index contributed by atoms with van der Waals surface area (Å²) < 4.78 is 10.6. The number of likely N-dealkylation sites (N-methyl/N-ethyl adjacent to an activating group) is 1. The van der Waals surface area contributed by atoms with Crippen LogP contribution in [0.25, 0.3) is 6.08 Å². The molecule has 144 valence electrons. The molecule has 7 nitrogen and oxygen atoms in total. The number of thioether (sulfide) groups is 1. The van der Waals surface area contributed by atoms with E-state index < -0.39 is 5.97 Å². The van der Waals surface area contributed by atoms with Gasteiger partial charge in [0.1, 0.15) is 11.5 Å². The number of hydrogen-bond acceptors (Lipinski definition) is 6. The number of ether oxygens (including phenoxy) is 2. The van der Waals surface area contributed by atoms with Crippen LogP contribution in [0.15, 0.2) is 52.4 Å². The minimum Gasteiger partial charge on any atom is -0.497 e. The molecule has 2 aromatic carbocycles. The molecule has 1 N–H and O–H groups in total. The molecule has 0 spiro atoms. The molecule has 0 radical (unpaired) electrons. The first-order chi connectivity index (χ1) is 13.4. The van der Waals surface area contributed by atoms with E-state index in [4.69, 9.17) is 14.6 Å². The van der Waals surface area contributed by atoms with Crippen molar-refractivity contribution in [2.75, 3.05) is 21.3 Å². The van der Waals surface area contributed by atoms with E-state index in [1.54, 1.807) is 51.6 Å². The van der Waals surface area contributed by atoms with Crippen LogP contribution in [0.4, 0.5) is 5.69 Å². The number of aliphatic imine (C=N–C) groups is 1. The van der Waals surface area contributed by atoms with E-state index in [9.17, 15) is 9.59 Å². The van der Waals surface area contributed by atoms with Crippen LogP contribution in [-0.4, -0.2) is 48.3 Å². The van der Waals surface area contributed by atoms with Crippen LogP contribution in [0.5, 0.6) is 11.5 Å². The number of benzene rings is 2. The molecule has 1 saturated heterocycles. The van der Waals surface area contributed by atoms with Gasteiger partial charge in [0, 0.05) is 18.7 Å². The number of rotatable bonds is 5. The summed E-state index contributed by atoms with van der Waals surface area (Å²) in [5.41, 5.74) is 1.50. The highest BCUT2D eigenvalue weighted by molar-refractivity contribution is 8.18. The van der Waals surface area contributed by atoms with Crippen molar-refractivity contribution in [3.63, 3.8) is 0 Å². The molecule has 3 rings (SSSR count). The third kappa shape index (κ3) is 4.01. The van der Waals surface area contributed by atoms with Gasteiger partial charge in [0.2, 0.25) is 0 Å².